The lowest BCUT2D eigenvalue weighted by Crippen LogP contribution is -2.56. The van der Waals surface area contributed by atoms with Crippen LogP contribution in [0.5, 0.6) is 0 Å². The molecule has 0 aromatic rings. The highest BCUT2D eigenvalue weighted by Crippen LogP contribution is 2.48. The molecule has 0 N–H and O–H groups in total. The van der Waals surface area contributed by atoms with Crippen LogP contribution in [0.3, 0.4) is 0 Å². The summed E-state index contributed by atoms with van der Waals surface area (Å²) in [6.45, 7) is 3.72. The second kappa shape index (κ2) is 16.5. The van der Waals surface area contributed by atoms with Gasteiger partial charge in [0.15, 0.2) is 18.9 Å². The highest BCUT2D eigenvalue weighted by Gasteiger charge is 2.50. The quantitative estimate of drug-likeness (QED) is 0.331. The Hall–Kier alpha value is 0.499. The highest BCUT2D eigenvalue weighted by molar-refractivity contribution is 6.28. The van der Waals surface area contributed by atoms with Crippen molar-refractivity contribution in [3.8, 4) is 0 Å². The maximum Gasteiger partial charge on any atom is 0.184 e. The van der Waals surface area contributed by atoms with E-state index in [1.807, 2.05) is 13.8 Å². The Morgan fingerprint density at radius 3 is 1.47 bits per heavy atom. The molecule has 24 radical (unpaired) electrons. The predicted molar refractivity (Wildman–Crippen MR) is 182 cm³/mol. The minimum absolute atomic E-state index is 0.0156. The minimum Gasteiger partial charge on any atom is -0.374 e. The van der Waals surface area contributed by atoms with Crippen molar-refractivity contribution in [3.05, 3.63) is 0 Å². The summed E-state index contributed by atoms with van der Waals surface area (Å²) in [6.07, 6.45) is -7.23. The third kappa shape index (κ3) is 8.12. The molecule has 0 bridgehead atoms. The second-order valence-electron chi connectivity index (χ2n) is 12.7. The minimum atomic E-state index is -1.18. The van der Waals surface area contributed by atoms with E-state index in [0.29, 0.717) is 6.42 Å². The summed E-state index contributed by atoms with van der Waals surface area (Å²) in [7, 11) is 75.7. The van der Waals surface area contributed by atoms with Gasteiger partial charge in [-0.1, -0.05) is 60.3 Å². The van der Waals surface area contributed by atoms with Crippen LogP contribution < -0.4 is 0 Å². The van der Waals surface area contributed by atoms with Crippen molar-refractivity contribution >= 4 is 94.2 Å². The molecule has 4 aliphatic rings. The lowest BCUT2D eigenvalue weighted by molar-refractivity contribution is -0.335. The molecular weight excluding hydrogens is 554 g/mol. The maximum absolute atomic E-state index is 6.63. The van der Waals surface area contributed by atoms with Gasteiger partial charge < -0.3 is 33.2 Å². The third-order valence-electron chi connectivity index (χ3n) is 9.73. The van der Waals surface area contributed by atoms with Crippen molar-refractivity contribution in [2.75, 3.05) is 6.61 Å². The molecule has 8 unspecified atom stereocenters. The van der Waals surface area contributed by atoms with Crippen LogP contribution in [-0.2, 0) is 33.2 Å². The van der Waals surface area contributed by atoms with Gasteiger partial charge in [0.1, 0.15) is 12.2 Å². The van der Waals surface area contributed by atoms with Crippen molar-refractivity contribution in [1.29, 1.82) is 0 Å². The molecule has 0 saturated carbocycles. The van der Waals surface area contributed by atoms with Gasteiger partial charge in [0.2, 0.25) is 0 Å². The van der Waals surface area contributed by atoms with E-state index in [1.54, 1.807) is 0 Å². The van der Waals surface area contributed by atoms with Crippen molar-refractivity contribution in [3.63, 3.8) is 0 Å². The van der Waals surface area contributed by atoms with Crippen LogP contribution in [0.15, 0.2) is 0 Å². The Kier molecular flexibility index (Phi) is 14.0. The topological polar surface area (TPSA) is 64.6 Å². The first kappa shape index (κ1) is 38.3. The van der Waals surface area contributed by atoms with Crippen LogP contribution in [0.25, 0.3) is 0 Å². The first-order valence-electron chi connectivity index (χ1n) is 15.8. The summed E-state index contributed by atoms with van der Waals surface area (Å²) in [6, 6.07) is 0. The molecule has 45 heavy (non-hydrogen) atoms. The van der Waals surface area contributed by atoms with E-state index in [1.165, 1.54) is 0 Å². The first-order chi connectivity index (χ1) is 21.2. The Morgan fingerprint density at radius 2 is 0.911 bits per heavy atom. The van der Waals surface area contributed by atoms with Crippen LogP contribution in [0.4, 0.5) is 0 Å². The summed E-state index contributed by atoms with van der Waals surface area (Å²) >= 11 is 0. The molecule has 0 aromatic carbocycles. The molecule has 19 heteroatoms. The van der Waals surface area contributed by atoms with E-state index in [4.69, 9.17) is 127 Å². The van der Waals surface area contributed by atoms with E-state index in [-0.39, 0.29) is 25.4 Å². The summed E-state index contributed by atoms with van der Waals surface area (Å²) in [4.78, 5) is 0. The molecule has 4 rings (SSSR count). The third-order valence-corrected chi connectivity index (χ3v) is 9.73. The van der Waals surface area contributed by atoms with Crippen molar-refractivity contribution < 1.29 is 33.2 Å². The van der Waals surface area contributed by atoms with E-state index < -0.39 is 114 Å². The van der Waals surface area contributed by atoms with Crippen LogP contribution in [0.1, 0.15) is 20.3 Å². The summed E-state index contributed by atoms with van der Waals surface area (Å²) in [5.74, 6) is -6.51. The van der Waals surface area contributed by atoms with Gasteiger partial charge in [-0.2, -0.15) is 0 Å². The molecule has 0 aromatic heterocycles. The highest BCUT2D eigenvalue weighted by atomic mass is 16.8. The number of hydrogen-bond acceptors (Lipinski definition) is 7. The average Bonchev–Trinajstić information content (AvgIpc) is 3.03. The van der Waals surface area contributed by atoms with E-state index in [9.17, 15) is 0 Å². The van der Waals surface area contributed by atoms with Gasteiger partial charge in [-0.15, -0.1) is 0 Å². The van der Waals surface area contributed by atoms with Crippen LogP contribution in [0.2, 0.25) is 70.8 Å². The zero-order valence-corrected chi connectivity index (χ0v) is 26.2. The fourth-order valence-corrected chi connectivity index (χ4v) is 6.41. The molecule has 20 atom stereocenters. The molecule has 7 nitrogen and oxygen atoms in total. The van der Waals surface area contributed by atoms with Crippen molar-refractivity contribution in [2.24, 2.45) is 0 Å². The van der Waals surface area contributed by atoms with Gasteiger partial charge in [0.05, 0.1) is 113 Å². The van der Waals surface area contributed by atoms with Gasteiger partial charge in [0, 0.05) is 18.3 Å². The monoisotopic (exact) mass is 590 g/mol. The molecule has 0 amide bonds. The molecule has 4 aliphatic heterocycles. The average molecular weight is 588 g/mol. The molecule has 216 valence electrons. The van der Waals surface area contributed by atoms with Crippen molar-refractivity contribution in [2.45, 2.75) is 153 Å². The number of ether oxygens (including phenoxy) is 7. The first-order valence-corrected chi connectivity index (χ1v) is 15.8. The number of rotatable bonds is 10. The van der Waals surface area contributed by atoms with Crippen molar-refractivity contribution in [1.82, 2.24) is 0 Å². The fraction of sp³-hybridized carbons (Fsp3) is 1.00. The molecular formula is C26H34B12O7. The van der Waals surface area contributed by atoms with Gasteiger partial charge >= 0.3 is 0 Å². The molecule has 4 fully saturated rings. The summed E-state index contributed by atoms with van der Waals surface area (Å²) in [5.41, 5.74) is 0. The molecule has 4 heterocycles. The number of hydrogen-bond donors (Lipinski definition) is 0. The van der Waals surface area contributed by atoms with Crippen LogP contribution >= 0.6 is 0 Å². The largest absolute Gasteiger partial charge is 0.374 e. The Morgan fingerprint density at radius 1 is 0.467 bits per heavy atom. The van der Waals surface area contributed by atoms with Crippen LogP contribution in [-0.4, -0.2) is 162 Å². The normalized spacial score (nSPS) is 52.7. The smallest absolute Gasteiger partial charge is 0.184 e. The second-order valence-corrected chi connectivity index (χ2v) is 12.7. The molecule has 0 spiro atoms. The van der Waals surface area contributed by atoms with Crippen LogP contribution in [0, 0.1) is 0 Å². The lowest BCUT2D eigenvalue weighted by atomic mass is 9.52. The predicted octanol–water partition coefficient (Wildman–Crippen LogP) is -0.111. The van der Waals surface area contributed by atoms with Gasteiger partial charge in [-0.25, -0.2) is 0 Å². The van der Waals surface area contributed by atoms with Gasteiger partial charge in [-0.3, -0.25) is 0 Å². The maximum atomic E-state index is 6.63. The zero-order chi connectivity index (χ0) is 33.3. The SMILES string of the molecule is [B]CC1O[C@H](O[C@@H]2C([B])[C@H]([B])C(C[B])O[C@@H]2OCC2O[C@H](C)[C@H]([B])C([B])[C@@H]2[B])[C@H](O[C@H]2OC(CC)[C@@H]([B])C([B])[C@H]2[B])C([B])[C@@H]1[B]. The van der Waals surface area contributed by atoms with E-state index >= 15 is 0 Å². The fourth-order valence-electron chi connectivity index (χ4n) is 6.41. The van der Waals surface area contributed by atoms with Gasteiger partial charge in [-0.05, 0) is 30.8 Å². The molecule has 4 saturated heterocycles. The zero-order valence-electron chi connectivity index (χ0n) is 26.2. The Bertz CT molecular complexity index is 934. The Labute approximate surface area is 285 Å². The van der Waals surface area contributed by atoms with E-state index in [0.717, 1.165) is 0 Å². The lowest BCUT2D eigenvalue weighted by Gasteiger charge is -2.52. The van der Waals surface area contributed by atoms with Gasteiger partial charge in [0.25, 0.3) is 0 Å². The molecule has 0 aliphatic carbocycles. The van der Waals surface area contributed by atoms with E-state index in [2.05, 4.69) is 0 Å². The standard InChI is InChI=1S/C26H34B12O7/c1-3-8-13(30)18(35)21(38)24(41-8)44-23-20(37)15(32)10(5-28)43-26(23)45-22-19(36)14(31)9(4-27)42-25(22)39-6-11-16(33)17(34)12(29)7(2)40-11/h7-26H,3-6H2,1-2H3/t7-,8?,9?,10?,11?,12+,13-,14-,15-,16-,17?,18?,19?,20?,21-,22-,23-,24-,25+,26-/m1/s1. The summed E-state index contributed by atoms with van der Waals surface area (Å²) in [5, 5.41) is 0. The summed E-state index contributed by atoms with van der Waals surface area (Å²) < 4.78 is 43.5. The Balaban J connectivity index is 1.56.